The van der Waals surface area contributed by atoms with Crippen molar-refractivity contribution in [2.75, 3.05) is 6.54 Å². The van der Waals surface area contributed by atoms with Gasteiger partial charge in [-0.25, -0.2) is 9.97 Å². The molecule has 3 heterocycles. The smallest absolute Gasteiger partial charge is 0.237 e. The summed E-state index contributed by atoms with van der Waals surface area (Å²) < 4.78 is 1.85. The largest absolute Gasteiger partial charge is 0.351 e. The Bertz CT molecular complexity index is 590. The van der Waals surface area contributed by atoms with E-state index in [4.69, 9.17) is 0 Å². The van der Waals surface area contributed by atoms with Crippen LogP contribution in [0.25, 0.3) is 5.82 Å². The van der Waals surface area contributed by atoms with Crippen molar-refractivity contribution in [1.29, 1.82) is 0 Å². The number of nitrogens with zero attached hydrogens (tertiary/aromatic N) is 3. The molecule has 1 amide bonds. The zero-order valence-electron chi connectivity index (χ0n) is 11.8. The molecule has 2 aromatic heterocycles. The van der Waals surface area contributed by atoms with Crippen LogP contribution in [0.4, 0.5) is 0 Å². The van der Waals surface area contributed by atoms with E-state index in [2.05, 4.69) is 20.6 Å². The average molecular weight is 285 g/mol. The summed E-state index contributed by atoms with van der Waals surface area (Å²) in [4.78, 5) is 20.6. The number of hydrogen-bond acceptors (Lipinski definition) is 4. The van der Waals surface area contributed by atoms with Crippen LogP contribution in [0.5, 0.6) is 0 Å². The van der Waals surface area contributed by atoms with Crippen LogP contribution in [0.3, 0.4) is 0 Å². The minimum absolute atomic E-state index is 0.0629. The van der Waals surface area contributed by atoms with Gasteiger partial charge in [0, 0.05) is 30.7 Å². The molecule has 1 aliphatic heterocycles. The zero-order chi connectivity index (χ0) is 14.5. The summed E-state index contributed by atoms with van der Waals surface area (Å²) in [5.74, 6) is 0.863. The highest BCUT2D eigenvalue weighted by Crippen LogP contribution is 2.11. The fourth-order valence-electron chi connectivity index (χ4n) is 2.57. The molecule has 0 saturated carbocycles. The monoisotopic (exact) mass is 285 g/mol. The van der Waals surface area contributed by atoms with Gasteiger partial charge in [-0.2, -0.15) is 0 Å². The van der Waals surface area contributed by atoms with Gasteiger partial charge in [0.15, 0.2) is 0 Å². The number of aromatic nitrogens is 3. The summed E-state index contributed by atoms with van der Waals surface area (Å²) in [7, 11) is 0. The maximum Gasteiger partial charge on any atom is 0.237 e. The van der Waals surface area contributed by atoms with Crippen molar-refractivity contribution >= 4 is 5.91 Å². The Kier molecular flexibility index (Phi) is 4.25. The molecule has 1 unspecified atom stereocenters. The van der Waals surface area contributed by atoms with E-state index >= 15 is 0 Å². The Labute approximate surface area is 123 Å². The number of carbonyl (C=O) groups is 1. The number of hydrogen-bond donors (Lipinski definition) is 2. The molecule has 1 saturated heterocycles. The molecule has 0 spiro atoms. The summed E-state index contributed by atoms with van der Waals surface area (Å²) in [5, 5.41) is 6.25. The zero-order valence-corrected chi connectivity index (χ0v) is 11.8. The first kappa shape index (κ1) is 13.8. The molecule has 6 nitrogen and oxygen atoms in total. The van der Waals surface area contributed by atoms with Crippen LogP contribution < -0.4 is 10.6 Å². The summed E-state index contributed by atoms with van der Waals surface area (Å²) in [6.07, 6.45) is 10.2. The van der Waals surface area contributed by atoms with Crippen LogP contribution in [-0.2, 0) is 11.3 Å². The predicted molar refractivity (Wildman–Crippen MR) is 78.8 cm³/mol. The van der Waals surface area contributed by atoms with Gasteiger partial charge in [0.25, 0.3) is 0 Å². The lowest BCUT2D eigenvalue weighted by atomic mass is 10.0. The van der Waals surface area contributed by atoms with Gasteiger partial charge in [0.2, 0.25) is 5.91 Å². The van der Waals surface area contributed by atoms with Crippen molar-refractivity contribution in [3.8, 4) is 5.82 Å². The highest BCUT2D eigenvalue weighted by Gasteiger charge is 2.20. The molecule has 21 heavy (non-hydrogen) atoms. The molecule has 1 aliphatic rings. The molecule has 2 N–H and O–H groups in total. The first-order valence-electron chi connectivity index (χ1n) is 7.28. The van der Waals surface area contributed by atoms with E-state index in [-0.39, 0.29) is 11.9 Å². The van der Waals surface area contributed by atoms with Crippen molar-refractivity contribution in [3.05, 3.63) is 42.6 Å². The predicted octanol–water partition coefficient (Wildman–Crippen LogP) is 1.03. The molecule has 6 heteroatoms. The summed E-state index contributed by atoms with van der Waals surface area (Å²) >= 11 is 0. The van der Waals surface area contributed by atoms with Gasteiger partial charge in [0.1, 0.15) is 12.1 Å². The quantitative estimate of drug-likeness (QED) is 0.880. The van der Waals surface area contributed by atoms with E-state index < -0.39 is 0 Å². The second-order valence-corrected chi connectivity index (χ2v) is 5.18. The van der Waals surface area contributed by atoms with Gasteiger partial charge in [-0.15, -0.1) is 0 Å². The van der Waals surface area contributed by atoms with Gasteiger partial charge < -0.3 is 10.6 Å². The van der Waals surface area contributed by atoms with E-state index in [9.17, 15) is 4.79 Å². The first-order valence-corrected chi connectivity index (χ1v) is 7.28. The lowest BCUT2D eigenvalue weighted by Crippen LogP contribution is -2.46. The Hall–Kier alpha value is -2.21. The van der Waals surface area contributed by atoms with E-state index in [0.717, 1.165) is 37.2 Å². The average Bonchev–Trinajstić information content (AvgIpc) is 3.08. The molecule has 0 radical (unpaired) electrons. The minimum atomic E-state index is -0.0629. The normalized spacial score (nSPS) is 18.4. The fraction of sp³-hybridized carbons (Fsp3) is 0.400. The summed E-state index contributed by atoms with van der Waals surface area (Å²) in [6, 6.07) is 3.78. The third kappa shape index (κ3) is 3.28. The lowest BCUT2D eigenvalue weighted by molar-refractivity contribution is -0.123. The Morgan fingerprint density at radius 1 is 1.43 bits per heavy atom. The van der Waals surface area contributed by atoms with E-state index in [1.165, 1.54) is 0 Å². The number of carbonyl (C=O) groups excluding carboxylic acids is 1. The standard InChI is InChI=1S/C15H19N5O/c21-15(13-5-1-2-6-17-13)19-10-12-4-3-7-18-14(12)20-9-8-16-11-20/h3-4,7-9,11,13,17H,1-2,5-6,10H2,(H,19,21). The second-order valence-electron chi connectivity index (χ2n) is 5.18. The molecule has 1 atom stereocenters. The van der Waals surface area contributed by atoms with Gasteiger partial charge in [-0.1, -0.05) is 12.5 Å². The van der Waals surface area contributed by atoms with Gasteiger partial charge >= 0.3 is 0 Å². The molecule has 0 bridgehead atoms. The van der Waals surface area contributed by atoms with Crippen molar-refractivity contribution in [1.82, 2.24) is 25.2 Å². The van der Waals surface area contributed by atoms with E-state index in [0.29, 0.717) is 6.54 Å². The number of imidazole rings is 1. The molecule has 0 aliphatic carbocycles. The molecule has 3 rings (SSSR count). The first-order chi connectivity index (χ1) is 10.3. The van der Waals surface area contributed by atoms with Gasteiger partial charge in [-0.3, -0.25) is 9.36 Å². The van der Waals surface area contributed by atoms with Crippen LogP contribution in [0.15, 0.2) is 37.1 Å². The van der Waals surface area contributed by atoms with Crippen LogP contribution in [0.2, 0.25) is 0 Å². The van der Waals surface area contributed by atoms with Crippen molar-refractivity contribution in [2.45, 2.75) is 31.8 Å². The van der Waals surface area contributed by atoms with Gasteiger partial charge in [-0.05, 0) is 25.5 Å². The third-order valence-corrected chi connectivity index (χ3v) is 3.70. The Balaban J connectivity index is 1.66. The Morgan fingerprint density at radius 2 is 2.38 bits per heavy atom. The van der Waals surface area contributed by atoms with Crippen molar-refractivity contribution in [2.24, 2.45) is 0 Å². The molecule has 110 valence electrons. The summed E-state index contributed by atoms with van der Waals surface area (Å²) in [5.41, 5.74) is 0.972. The highest BCUT2D eigenvalue weighted by atomic mass is 16.2. The fourth-order valence-corrected chi connectivity index (χ4v) is 2.57. The number of nitrogens with one attached hydrogen (secondary N) is 2. The lowest BCUT2D eigenvalue weighted by Gasteiger charge is -2.22. The van der Waals surface area contributed by atoms with E-state index in [1.54, 1.807) is 18.7 Å². The number of rotatable bonds is 4. The molecular weight excluding hydrogens is 266 g/mol. The topological polar surface area (TPSA) is 71.8 Å². The van der Waals surface area contributed by atoms with E-state index in [1.807, 2.05) is 22.9 Å². The number of piperidine rings is 1. The molecule has 0 aromatic carbocycles. The second kappa shape index (κ2) is 6.49. The van der Waals surface area contributed by atoms with Crippen LogP contribution in [-0.4, -0.2) is 33.0 Å². The molecular formula is C15H19N5O. The highest BCUT2D eigenvalue weighted by molar-refractivity contribution is 5.81. The molecule has 2 aromatic rings. The maximum atomic E-state index is 12.2. The third-order valence-electron chi connectivity index (χ3n) is 3.70. The van der Waals surface area contributed by atoms with Crippen LogP contribution in [0, 0.1) is 0 Å². The van der Waals surface area contributed by atoms with Crippen molar-refractivity contribution < 1.29 is 4.79 Å². The van der Waals surface area contributed by atoms with Gasteiger partial charge in [0.05, 0.1) is 6.04 Å². The Morgan fingerprint density at radius 3 is 3.14 bits per heavy atom. The maximum absolute atomic E-state index is 12.2. The molecule has 1 fully saturated rings. The summed E-state index contributed by atoms with van der Waals surface area (Å²) in [6.45, 7) is 1.39. The number of amides is 1. The number of pyridine rings is 1. The van der Waals surface area contributed by atoms with Crippen LogP contribution >= 0.6 is 0 Å². The van der Waals surface area contributed by atoms with Crippen LogP contribution in [0.1, 0.15) is 24.8 Å². The SMILES string of the molecule is O=C(NCc1cccnc1-n1ccnc1)C1CCCCN1. The van der Waals surface area contributed by atoms with Crippen molar-refractivity contribution in [3.63, 3.8) is 0 Å². The minimum Gasteiger partial charge on any atom is -0.351 e.